The van der Waals surface area contributed by atoms with Gasteiger partial charge in [-0.3, -0.25) is 9.59 Å². The largest absolute Gasteiger partial charge is 0.326 e. The Labute approximate surface area is 165 Å². The first-order chi connectivity index (χ1) is 13.6. The molecule has 0 aliphatic carbocycles. The van der Waals surface area contributed by atoms with E-state index in [0.717, 1.165) is 24.1 Å². The Morgan fingerprint density at radius 3 is 2.04 bits per heavy atom. The van der Waals surface area contributed by atoms with Crippen LogP contribution in [0, 0.1) is 6.92 Å². The third-order valence-electron chi connectivity index (χ3n) is 4.60. The smallest absolute Gasteiger partial charge is 0.255 e. The Kier molecular flexibility index (Phi) is 6.58. The standard InChI is InChI=1S/C24H24N2O2/c1-18-21(25-23(27)17-8-12-19-10-4-2-5-11-19)15-9-16-22(18)26-24(28)20-13-6-3-7-14-20/h2-7,9-11,13-16H,8,12,17H2,1H3,(H,25,27)(H,26,28). The molecule has 142 valence electrons. The second-order valence-corrected chi connectivity index (χ2v) is 6.69. The summed E-state index contributed by atoms with van der Waals surface area (Å²) in [4.78, 5) is 24.7. The Morgan fingerprint density at radius 1 is 0.750 bits per heavy atom. The summed E-state index contributed by atoms with van der Waals surface area (Å²) in [5.74, 6) is -0.194. The zero-order valence-corrected chi connectivity index (χ0v) is 15.9. The first kappa shape index (κ1) is 19.4. The molecule has 4 nitrogen and oxygen atoms in total. The number of carbonyl (C=O) groups excluding carboxylic acids is 2. The topological polar surface area (TPSA) is 58.2 Å². The molecule has 0 saturated carbocycles. The average Bonchev–Trinajstić information content (AvgIpc) is 2.72. The van der Waals surface area contributed by atoms with Gasteiger partial charge in [-0.05, 0) is 55.2 Å². The van der Waals surface area contributed by atoms with Crippen molar-refractivity contribution in [2.24, 2.45) is 0 Å². The van der Waals surface area contributed by atoms with E-state index in [1.165, 1.54) is 5.56 Å². The Morgan fingerprint density at radius 2 is 1.36 bits per heavy atom. The van der Waals surface area contributed by atoms with Gasteiger partial charge in [0.15, 0.2) is 0 Å². The molecule has 4 heteroatoms. The van der Waals surface area contributed by atoms with Crippen molar-refractivity contribution in [1.29, 1.82) is 0 Å². The van der Waals surface area contributed by atoms with Gasteiger partial charge < -0.3 is 10.6 Å². The minimum Gasteiger partial charge on any atom is -0.326 e. The summed E-state index contributed by atoms with van der Waals surface area (Å²) in [5.41, 5.74) is 4.07. The normalized spacial score (nSPS) is 10.3. The van der Waals surface area contributed by atoms with Crippen LogP contribution in [0.15, 0.2) is 78.9 Å². The van der Waals surface area contributed by atoms with Gasteiger partial charge in [-0.15, -0.1) is 0 Å². The van der Waals surface area contributed by atoms with E-state index in [-0.39, 0.29) is 11.8 Å². The molecule has 0 saturated heterocycles. The van der Waals surface area contributed by atoms with Crippen LogP contribution >= 0.6 is 0 Å². The fourth-order valence-corrected chi connectivity index (χ4v) is 3.00. The molecule has 0 spiro atoms. The fraction of sp³-hybridized carbons (Fsp3) is 0.167. The van der Waals surface area contributed by atoms with Crippen molar-refractivity contribution in [3.05, 3.63) is 95.6 Å². The van der Waals surface area contributed by atoms with E-state index >= 15 is 0 Å². The highest BCUT2D eigenvalue weighted by atomic mass is 16.2. The van der Waals surface area contributed by atoms with Crippen LogP contribution in [-0.4, -0.2) is 11.8 Å². The van der Waals surface area contributed by atoms with Crippen LogP contribution in [0.4, 0.5) is 11.4 Å². The maximum Gasteiger partial charge on any atom is 0.255 e. The van der Waals surface area contributed by atoms with Crippen molar-refractivity contribution in [2.75, 3.05) is 10.6 Å². The number of carbonyl (C=O) groups is 2. The monoisotopic (exact) mass is 372 g/mol. The van der Waals surface area contributed by atoms with Gasteiger partial charge in [0.05, 0.1) is 0 Å². The van der Waals surface area contributed by atoms with E-state index in [1.807, 2.05) is 61.5 Å². The van der Waals surface area contributed by atoms with E-state index in [2.05, 4.69) is 22.8 Å². The molecule has 0 unspecified atom stereocenters. The molecule has 0 fully saturated rings. The number of anilines is 2. The molecular weight excluding hydrogens is 348 g/mol. The number of rotatable bonds is 7. The number of hydrogen-bond acceptors (Lipinski definition) is 2. The summed E-state index contributed by atoms with van der Waals surface area (Å²) in [6.07, 6.45) is 2.12. The Hall–Kier alpha value is -3.40. The molecule has 0 heterocycles. The number of nitrogens with one attached hydrogen (secondary N) is 2. The molecule has 0 bridgehead atoms. The van der Waals surface area contributed by atoms with E-state index < -0.39 is 0 Å². The molecule has 2 N–H and O–H groups in total. The summed E-state index contributed by atoms with van der Waals surface area (Å²) in [7, 11) is 0. The van der Waals surface area contributed by atoms with Crippen LogP contribution in [0.5, 0.6) is 0 Å². The van der Waals surface area contributed by atoms with Crippen LogP contribution in [0.3, 0.4) is 0 Å². The Balaban J connectivity index is 1.57. The van der Waals surface area contributed by atoms with Crippen molar-refractivity contribution in [2.45, 2.75) is 26.2 Å². The Bertz CT molecular complexity index is 937. The van der Waals surface area contributed by atoms with E-state index in [1.54, 1.807) is 12.1 Å². The quantitative estimate of drug-likeness (QED) is 0.598. The van der Waals surface area contributed by atoms with Crippen molar-refractivity contribution in [1.82, 2.24) is 0 Å². The third kappa shape index (κ3) is 5.30. The van der Waals surface area contributed by atoms with Gasteiger partial charge in [-0.1, -0.05) is 54.6 Å². The first-order valence-electron chi connectivity index (χ1n) is 9.43. The molecule has 0 radical (unpaired) electrons. The van der Waals surface area contributed by atoms with Crippen molar-refractivity contribution >= 4 is 23.2 Å². The lowest BCUT2D eigenvalue weighted by molar-refractivity contribution is -0.116. The van der Waals surface area contributed by atoms with E-state index in [4.69, 9.17) is 0 Å². The second-order valence-electron chi connectivity index (χ2n) is 6.69. The summed E-state index contributed by atoms with van der Waals surface area (Å²) in [6.45, 7) is 1.89. The molecular formula is C24H24N2O2. The molecule has 0 aromatic heterocycles. The minimum atomic E-state index is -0.171. The van der Waals surface area contributed by atoms with Crippen LogP contribution in [0.2, 0.25) is 0 Å². The summed E-state index contributed by atoms with van der Waals surface area (Å²) >= 11 is 0. The van der Waals surface area contributed by atoms with Gasteiger partial charge in [0.1, 0.15) is 0 Å². The maximum atomic E-state index is 12.4. The number of amides is 2. The predicted molar refractivity (Wildman–Crippen MR) is 114 cm³/mol. The lowest BCUT2D eigenvalue weighted by Crippen LogP contribution is -2.15. The average molecular weight is 372 g/mol. The predicted octanol–water partition coefficient (Wildman–Crippen LogP) is 5.21. The molecule has 3 aromatic rings. The fourth-order valence-electron chi connectivity index (χ4n) is 3.00. The number of aryl methyl sites for hydroxylation is 1. The van der Waals surface area contributed by atoms with Crippen LogP contribution in [0.1, 0.15) is 34.3 Å². The second kappa shape index (κ2) is 9.51. The molecule has 0 aliphatic heterocycles. The number of hydrogen-bond donors (Lipinski definition) is 2. The zero-order chi connectivity index (χ0) is 19.8. The molecule has 3 aromatic carbocycles. The summed E-state index contributed by atoms with van der Waals surface area (Å²) in [5, 5.41) is 5.87. The van der Waals surface area contributed by atoms with Crippen LogP contribution < -0.4 is 10.6 Å². The van der Waals surface area contributed by atoms with E-state index in [9.17, 15) is 9.59 Å². The first-order valence-corrected chi connectivity index (χ1v) is 9.43. The van der Waals surface area contributed by atoms with Crippen molar-refractivity contribution in [3.63, 3.8) is 0 Å². The van der Waals surface area contributed by atoms with E-state index in [0.29, 0.717) is 17.7 Å². The molecule has 0 atom stereocenters. The van der Waals surface area contributed by atoms with Gasteiger partial charge in [0, 0.05) is 23.4 Å². The molecule has 28 heavy (non-hydrogen) atoms. The third-order valence-corrected chi connectivity index (χ3v) is 4.60. The molecule has 0 aliphatic rings. The minimum absolute atomic E-state index is 0.0226. The molecule has 3 rings (SSSR count). The SMILES string of the molecule is Cc1c(NC(=O)CCCc2ccccc2)cccc1NC(=O)c1ccccc1. The maximum absolute atomic E-state index is 12.4. The highest BCUT2D eigenvalue weighted by Crippen LogP contribution is 2.24. The number of benzene rings is 3. The highest BCUT2D eigenvalue weighted by Gasteiger charge is 2.11. The van der Waals surface area contributed by atoms with Crippen molar-refractivity contribution in [3.8, 4) is 0 Å². The zero-order valence-electron chi connectivity index (χ0n) is 15.9. The van der Waals surface area contributed by atoms with Gasteiger partial charge in [-0.2, -0.15) is 0 Å². The van der Waals surface area contributed by atoms with Crippen LogP contribution in [0.25, 0.3) is 0 Å². The van der Waals surface area contributed by atoms with Gasteiger partial charge in [0.2, 0.25) is 5.91 Å². The highest BCUT2D eigenvalue weighted by molar-refractivity contribution is 6.05. The lowest BCUT2D eigenvalue weighted by Gasteiger charge is -2.13. The van der Waals surface area contributed by atoms with Gasteiger partial charge >= 0.3 is 0 Å². The molecule has 2 amide bonds. The summed E-state index contributed by atoms with van der Waals surface area (Å²) < 4.78 is 0. The van der Waals surface area contributed by atoms with Crippen molar-refractivity contribution < 1.29 is 9.59 Å². The summed E-state index contributed by atoms with van der Waals surface area (Å²) in [6, 6.07) is 24.7. The van der Waals surface area contributed by atoms with Gasteiger partial charge in [0.25, 0.3) is 5.91 Å². The van der Waals surface area contributed by atoms with Crippen LogP contribution in [-0.2, 0) is 11.2 Å². The lowest BCUT2D eigenvalue weighted by atomic mass is 10.1. The van der Waals surface area contributed by atoms with Gasteiger partial charge in [-0.25, -0.2) is 0 Å².